The predicted octanol–water partition coefficient (Wildman–Crippen LogP) is 3.09. The van der Waals surface area contributed by atoms with Crippen LogP contribution in [0.4, 0.5) is 0 Å². The number of benzene rings is 1. The van der Waals surface area contributed by atoms with Crippen molar-refractivity contribution in [1.82, 2.24) is 10.3 Å². The predicted molar refractivity (Wildman–Crippen MR) is 102 cm³/mol. The summed E-state index contributed by atoms with van der Waals surface area (Å²) in [5, 5.41) is 3.16. The fourth-order valence-electron chi connectivity index (χ4n) is 3.53. The molecular weight excluding hydrogens is 348 g/mol. The van der Waals surface area contributed by atoms with Crippen molar-refractivity contribution in [3.63, 3.8) is 0 Å². The minimum atomic E-state index is -0.361. The Morgan fingerprint density at radius 2 is 1.81 bits per heavy atom. The second kappa shape index (κ2) is 7.92. The van der Waals surface area contributed by atoms with E-state index >= 15 is 0 Å². The molecule has 0 atom stereocenters. The van der Waals surface area contributed by atoms with Gasteiger partial charge in [0.05, 0.1) is 28.4 Å². The van der Waals surface area contributed by atoms with Gasteiger partial charge >= 0.3 is 5.97 Å². The standard InChI is InChI=1S/C20H26N2O5/c1-21-10-13-16(15(11-6-7-11)17(22-13)20(23)27-5)12-8-9-14(24-2)19(26-4)18(12)25-3/h8-9,11,21-22H,6-7,10H2,1-5H3. The lowest BCUT2D eigenvalue weighted by Gasteiger charge is -2.17. The van der Waals surface area contributed by atoms with Crippen LogP contribution in [0.3, 0.4) is 0 Å². The lowest BCUT2D eigenvalue weighted by molar-refractivity contribution is 0.0593. The molecule has 0 radical (unpaired) electrons. The monoisotopic (exact) mass is 374 g/mol. The molecule has 27 heavy (non-hydrogen) atoms. The van der Waals surface area contributed by atoms with Gasteiger partial charge in [-0.25, -0.2) is 4.79 Å². The Labute approximate surface area is 159 Å². The SMILES string of the molecule is CNCc1[nH]c(C(=O)OC)c(C2CC2)c1-c1ccc(OC)c(OC)c1OC. The van der Waals surface area contributed by atoms with Gasteiger partial charge in [-0.3, -0.25) is 0 Å². The lowest BCUT2D eigenvalue weighted by Crippen LogP contribution is -2.08. The van der Waals surface area contributed by atoms with Gasteiger partial charge in [-0.2, -0.15) is 0 Å². The van der Waals surface area contributed by atoms with Crippen LogP contribution < -0.4 is 19.5 Å². The van der Waals surface area contributed by atoms with Crippen molar-refractivity contribution in [3.05, 3.63) is 29.1 Å². The van der Waals surface area contributed by atoms with Gasteiger partial charge in [-0.15, -0.1) is 0 Å². The molecule has 1 heterocycles. The van der Waals surface area contributed by atoms with Crippen LogP contribution in [0.1, 0.15) is 40.5 Å². The van der Waals surface area contributed by atoms with E-state index in [1.807, 2.05) is 19.2 Å². The number of aromatic nitrogens is 1. The molecule has 1 aliphatic carbocycles. The molecule has 146 valence electrons. The van der Waals surface area contributed by atoms with Crippen molar-refractivity contribution in [2.24, 2.45) is 0 Å². The van der Waals surface area contributed by atoms with Gasteiger partial charge in [0.15, 0.2) is 11.5 Å². The van der Waals surface area contributed by atoms with Crippen molar-refractivity contribution in [3.8, 4) is 28.4 Å². The molecule has 0 aliphatic heterocycles. The topological polar surface area (TPSA) is 81.8 Å². The largest absolute Gasteiger partial charge is 0.493 e. The van der Waals surface area contributed by atoms with E-state index in [1.54, 1.807) is 21.3 Å². The van der Waals surface area contributed by atoms with Gasteiger partial charge in [-0.1, -0.05) is 0 Å². The molecule has 0 amide bonds. The second-order valence-electron chi connectivity index (χ2n) is 6.45. The number of rotatable bonds is 8. The number of carbonyl (C=O) groups excluding carboxylic acids is 1. The Morgan fingerprint density at radius 3 is 2.33 bits per heavy atom. The Balaban J connectivity index is 2.30. The van der Waals surface area contributed by atoms with E-state index in [9.17, 15) is 4.79 Å². The fraction of sp³-hybridized carbons (Fsp3) is 0.450. The molecule has 1 aromatic heterocycles. The first kappa shape index (κ1) is 19.1. The highest BCUT2D eigenvalue weighted by Crippen LogP contribution is 2.52. The van der Waals surface area contributed by atoms with E-state index in [0.717, 1.165) is 35.2 Å². The summed E-state index contributed by atoms with van der Waals surface area (Å²) < 4.78 is 21.6. The molecule has 0 bridgehead atoms. The van der Waals surface area contributed by atoms with Crippen LogP contribution >= 0.6 is 0 Å². The van der Waals surface area contributed by atoms with E-state index < -0.39 is 0 Å². The molecule has 2 aromatic rings. The van der Waals surface area contributed by atoms with Crippen molar-refractivity contribution in [2.75, 3.05) is 35.5 Å². The third kappa shape index (κ3) is 3.35. The number of nitrogens with one attached hydrogen (secondary N) is 2. The van der Waals surface area contributed by atoms with Gasteiger partial charge in [-0.05, 0) is 43.5 Å². The van der Waals surface area contributed by atoms with E-state index in [1.165, 1.54) is 7.11 Å². The van der Waals surface area contributed by atoms with Crippen LogP contribution in [0.5, 0.6) is 17.2 Å². The van der Waals surface area contributed by atoms with Crippen LogP contribution in [0.25, 0.3) is 11.1 Å². The molecule has 0 spiro atoms. The first-order valence-electron chi connectivity index (χ1n) is 8.88. The van der Waals surface area contributed by atoms with Crippen molar-refractivity contribution in [1.29, 1.82) is 0 Å². The molecule has 1 saturated carbocycles. The highest BCUT2D eigenvalue weighted by atomic mass is 16.5. The summed E-state index contributed by atoms with van der Waals surface area (Å²) in [6.45, 7) is 0.573. The Bertz CT molecular complexity index is 839. The molecule has 7 nitrogen and oxygen atoms in total. The van der Waals surface area contributed by atoms with Gasteiger partial charge in [0.25, 0.3) is 0 Å². The number of esters is 1. The summed E-state index contributed by atoms with van der Waals surface area (Å²) in [6, 6.07) is 3.79. The molecule has 1 fully saturated rings. The summed E-state index contributed by atoms with van der Waals surface area (Å²) >= 11 is 0. The minimum Gasteiger partial charge on any atom is -0.493 e. The van der Waals surface area contributed by atoms with Crippen molar-refractivity contribution >= 4 is 5.97 Å². The first-order chi connectivity index (χ1) is 13.1. The van der Waals surface area contributed by atoms with Crippen molar-refractivity contribution < 1.29 is 23.7 Å². The normalized spacial score (nSPS) is 13.4. The number of H-pyrrole nitrogens is 1. The molecular formula is C20H26N2O5. The molecule has 0 saturated heterocycles. The average Bonchev–Trinajstić information content (AvgIpc) is 3.47. The van der Waals surface area contributed by atoms with Crippen LogP contribution in [0.2, 0.25) is 0 Å². The summed E-state index contributed by atoms with van der Waals surface area (Å²) in [4.78, 5) is 15.7. The average molecular weight is 374 g/mol. The first-order valence-corrected chi connectivity index (χ1v) is 8.88. The summed E-state index contributed by atoms with van der Waals surface area (Å²) in [7, 11) is 8.03. The second-order valence-corrected chi connectivity index (χ2v) is 6.45. The quantitative estimate of drug-likeness (QED) is 0.691. The number of ether oxygens (including phenoxy) is 4. The highest BCUT2D eigenvalue weighted by Gasteiger charge is 2.36. The van der Waals surface area contributed by atoms with Gasteiger partial charge in [0, 0.05) is 23.4 Å². The molecule has 1 aliphatic rings. The molecule has 3 rings (SSSR count). The highest BCUT2D eigenvalue weighted by molar-refractivity contribution is 5.95. The molecule has 0 unspecified atom stereocenters. The molecule has 2 N–H and O–H groups in total. The summed E-state index contributed by atoms with van der Waals surface area (Å²) in [5.41, 5.74) is 4.22. The van der Waals surface area contributed by atoms with E-state index in [4.69, 9.17) is 18.9 Å². The Kier molecular flexibility index (Phi) is 5.60. The van der Waals surface area contributed by atoms with Crippen LogP contribution in [0.15, 0.2) is 12.1 Å². The van der Waals surface area contributed by atoms with E-state index in [2.05, 4.69) is 10.3 Å². The lowest BCUT2D eigenvalue weighted by atomic mass is 9.95. The number of carbonyl (C=O) groups is 1. The molecule has 7 heteroatoms. The number of methoxy groups -OCH3 is 4. The minimum absolute atomic E-state index is 0.328. The van der Waals surface area contributed by atoms with Gasteiger partial charge in [0.1, 0.15) is 5.69 Å². The van der Waals surface area contributed by atoms with Crippen LogP contribution in [-0.4, -0.2) is 46.4 Å². The Morgan fingerprint density at radius 1 is 1.11 bits per heavy atom. The zero-order chi connectivity index (χ0) is 19.6. The van der Waals surface area contributed by atoms with Gasteiger partial charge in [0.2, 0.25) is 5.75 Å². The molecule has 1 aromatic carbocycles. The number of hydrogen-bond acceptors (Lipinski definition) is 6. The summed E-state index contributed by atoms with van der Waals surface area (Å²) in [5.74, 6) is 1.65. The smallest absolute Gasteiger partial charge is 0.354 e. The maximum atomic E-state index is 12.4. The maximum Gasteiger partial charge on any atom is 0.354 e. The van der Waals surface area contributed by atoms with E-state index in [0.29, 0.717) is 35.4 Å². The van der Waals surface area contributed by atoms with Crippen LogP contribution in [-0.2, 0) is 11.3 Å². The van der Waals surface area contributed by atoms with Crippen molar-refractivity contribution in [2.45, 2.75) is 25.3 Å². The summed E-state index contributed by atoms with van der Waals surface area (Å²) in [6.07, 6.45) is 2.09. The zero-order valence-electron chi connectivity index (χ0n) is 16.4. The number of hydrogen-bond donors (Lipinski definition) is 2. The number of aromatic amines is 1. The van der Waals surface area contributed by atoms with Gasteiger partial charge < -0.3 is 29.2 Å². The third-order valence-electron chi connectivity index (χ3n) is 4.82. The Hall–Kier alpha value is -2.67. The maximum absolute atomic E-state index is 12.4. The fourth-order valence-corrected chi connectivity index (χ4v) is 3.53. The van der Waals surface area contributed by atoms with Crippen LogP contribution in [0, 0.1) is 0 Å². The third-order valence-corrected chi connectivity index (χ3v) is 4.82. The van der Waals surface area contributed by atoms with E-state index in [-0.39, 0.29) is 5.97 Å². The zero-order valence-corrected chi connectivity index (χ0v) is 16.4.